The van der Waals surface area contributed by atoms with E-state index in [4.69, 9.17) is 33.0 Å². The Balaban J connectivity index is 1.97. The summed E-state index contributed by atoms with van der Waals surface area (Å²) in [6.45, 7) is 0.137. The van der Waals surface area contributed by atoms with Crippen molar-refractivity contribution < 1.29 is 23.1 Å². The lowest BCUT2D eigenvalue weighted by atomic mass is 10.3. The van der Waals surface area contributed by atoms with Crippen molar-refractivity contribution >= 4 is 44.8 Å². The van der Waals surface area contributed by atoms with Crippen molar-refractivity contribution in [3.63, 3.8) is 0 Å². The largest absolute Gasteiger partial charge is 0.484 e. The number of amides is 1. The number of benzene rings is 2. The number of sulfonamides is 1. The summed E-state index contributed by atoms with van der Waals surface area (Å²) in [5.74, 6) is 0.0108. The molecule has 0 aliphatic carbocycles. The summed E-state index contributed by atoms with van der Waals surface area (Å²) in [6.07, 6.45) is 0.461. The molecule has 0 atom stereocenters. The van der Waals surface area contributed by atoms with Crippen molar-refractivity contribution in [2.75, 3.05) is 24.5 Å². The van der Waals surface area contributed by atoms with Crippen LogP contribution >= 0.6 is 23.2 Å². The molecule has 1 amide bonds. The number of hydrogen-bond acceptors (Lipinski definition) is 5. The number of nitrogens with one attached hydrogen (secondary N) is 2. The molecule has 3 N–H and O–H groups in total. The summed E-state index contributed by atoms with van der Waals surface area (Å²) in [5.41, 5.74) is 0.243. The van der Waals surface area contributed by atoms with E-state index >= 15 is 0 Å². The topological polar surface area (TPSA) is 105 Å². The number of halogens is 2. The summed E-state index contributed by atoms with van der Waals surface area (Å²) in [7, 11) is -3.84. The molecular weight excluding hydrogens is 415 g/mol. The third-order valence-corrected chi connectivity index (χ3v) is 5.11. The number of aliphatic hydroxyl groups excluding tert-OH is 1. The lowest BCUT2D eigenvalue weighted by molar-refractivity contribution is -0.123. The van der Waals surface area contributed by atoms with E-state index in [1.54, 1.807) is 0 Å². The second-order valence-corrected chi connectivity index (χ2v) is 8.01. The van der Waals surface area contributed by atoms with Crippen LogP contribution in [0.2, 0.25) is 10.0 Å². The Morgan fingerprint density at radius 1 is 1.07 bits per heavy atom. The Kier molecular flexibility index (Phi) is 7.73. The average Bonchev–Trinajstić information content (AvgIpc) is 2.59. The molecule has 2 rings (SSSR count). The van der Waals surface area contributed by atoms with E-state index in [1.165, 1.54) is 42.5 Å². The fourth-order valence-corrected chi connectivity index (χ4v) is 3.62. The lowest BCUT2D eigenvalue weighted by Gasteiger charge is -2.10. The van der Waals surface area contributed by atoms with Gasteiger partial charge >= 0.3 is 0 Å². The smallest absolute Gasteiger partial charge is 0.261 e. The number of carbonyl (C=O) groups is 1. The predicted molar refractivity (Wildman–Crippen MR) is 104 cm³/mol. The van der Waals surface area contributed by atoms with Crippen molar-refractivity contribution in [2.24, 2.45) is 0 Å². The quantitative estimate of drug-likeness (QED) is 0.528. The molecule has 10 heteroatoms. The van der Waals surface area contributed by atoms with Crippen LogP contribution in [0, 0.1) is 0 Å². The van der Waals surface area contributed by atoms with Gasteiger partial charge in [-0.25, -0.2) is 8.42 Å². The van der Waals surface area contributed by atoms with Crippen LogP contribution in [0.5, 0.6) is 5.75 Å². The monoisotopic (exact) mass is 432 g/mol. The third-order valence-electron chi connectivity index (χ3n) is 3.28. The summed E-state index contributed by atoms with van der Waals surface area (Å²) in [5, 5.41) is 11.8. The highest BCUT2D eigenvalue weighted by Crippen LogP contribution is 2.25. The molecule has 2 aromatic rings. The minimum Gasteiger partial charge on any atom is -0.484 e. The van der Waals surface area contributed by atoms with Crippen LogP contribution in [0.4, 0.5) is 5.69 Å². The van der Waals surface area contributed by atoms with Gasteiger partial charge in [-0.1, -0.05) is 23.2 Å². The normalized spacial score (nSPS) is 11.1. The van der Waals surface area contributed by atoms with E-state index in [-0.39, 0.29) is 29.7 Å². The van der Waals surface area contributed by atoms with Gasteiger partial charge in [-0.2, -0.15) is 0 Å². The highest BCUT2D eigenvalue weighted by molar-refractivity contribution is 7.92. The first-order chi connectivity index (χ1) is 12.8. The molecule has 0 fully saturated rings. The van der Waals surface area contributed by atoms with Crippen LogP contribution in [0.25, 0.3) is 0 Å². The zero-order chi connectivity index (χ0) is 19.9. The first kappa shape index (κ1) is 21.3. The molecule has 7 nitrogen and oxygen atoms in total. The molecule has 0 aliphatic heterocycles. The van der Waals surface area contributed by atoms with E-state index in [0.717, 1.165) is 0 Å². The second-order valence-electron chi connectivity index (χ2n) is 5.45. The van der Waals surface area contributed by atoms with Crippen molar-refractivity contribution in [1.29, 1.82) is 0 Å². The van der Waals surface area contributed by atoms with Crippen LogP contribution in [-0.2, 0) is 14.8 Å². The summed E-state index contributed by atoms with van der Waals surface area (Å²) in [4.78, 5) is 11.5. The minimum absolute atomic E-state index is 0.00744. The van der Waals surface area contributed by atoms with E-state index < -0.39 is 10.0 Å². The van der Waals surface area contributed by atoms with Gasteiger partial charge in [0, 0.05) is 23.2 Å². The highest BCUT2D eigenvalue weighted by atomic mass is 35.5. The Morgan fingerprint density at radius 3 is 2.30 bits per heavy atom. The van der Waals surface area contributed by atoms with Gasteiger partial charge < -0.3 is 15.2 Å². The zero-order valence-corrected chi connectivity index (χ0v) is 16.4. The van der Waals surface area contributed by atoms with Crippen molar-refractivity contribution in [1.82, 2.24) is 5.32 Å². The zero-order valence-electron chi connectivity index (χ0n) is 14.1. The van der Waals surface area contributed by atoms with Gasteiger partial charge in [-0.15, -0.1) is 0 Å². The van der Waals surface area contributed by atoms with Crippen LogP contribution in [0.3, 0.4) is 0 Å². The van der Waals surface area contributed by atoms with E-state index in [0.29, 0.717) is 28.8 Å². The number of carbonyl (C=O) groups excluding carboxylic acids is 1. The molecule has 0 spiro atoms. The van der Waals surface area contributed by atoms with Gasteiger partial charge in [-0.05, 0) is 48.9 Å². The maximum atomic E-state index is 12.4. The second kappa shape index (κ2) is 9.80. The molecule has 2 aromatic carbocycles. The van der Waals surface area contributed by atoms with Crippen molar-refractivity contribution in [3.8, 4) is 5.75 Å². The number of anilines is 1. The predicted octanol–water partition coefficient (Wildman–Crippen LogP) is 2.67. The SMILES string of the molecule is O=C(COc1ccc(S(=O)(=O)Nc2cc(Cl)cc(Cl)c2)cc1)NCCCO. The highest BCUT2D eigenvalue weighted by Gasteiger charge is 2.15. The molecule has 0 bridgehead atoms. The number of hydrogen-bond donors (Lipinski definition) is 3. The standard InChI is InChI=1S/C17H18Cl2N2O5S/c18-12-8-13(19)10-14(9-12)21-27(24,25)16-4-2-15(3-5-16)26-11-17(23)20-6-1-7-22/h2-5,8-10,21-22H,1,6-7,11H2,(H,20,23). The van der Waals surface area contributed by atoms with Gasteiger partial charge in [0.05, 0.1) is 10.6 Å². The molecule has 0 heterocycles. The fraction of sp³-hybridized carbons (Fsp3) is 0.235. The maximum absolute atomic E-state index is 12.4. The molecular formula is C17H18Cl2N2O5S. The lowest BCUT2D eigenvalue weighted by Crippen LogP contribution is -2.30. The van der Waals surface area contributed by atoms with E-state index in [1.807, 2.05) is 0 Å². The van der Waals surface area contributed by atoms with Crippen molar-refractivity contribution in [2.45, 2.75) is 11.3 Å². The van der Waals surface area contributed by atoms with Crippen LogP contribution in [-0.4, -0.2) is 39.2 Å². The summed E-state index contributed by atoms with van der Waals surface area (Å²) >= 11 is 11.7. The Bertz CT molecular complexity index is 868. The van der Waals surface area contributed by atoms with Gasteiger partial charge in [0.15, 0.2) is 6.61 Å². The number of rotatable bonds is 9. The van der Waals surface area contributed by atoms with Crippen molar-refractivity contribution in [3.05, 3.63) is 52.5 Å². The van der Waals surface area contributed by atoms with Gasteiger partial charge in [-0.3, -0.25) is 9.52 Å². The Labute approximate surface area is 167 Å². The minimum atomic E-state index is -3.84. The third kappa shape index (κ3) is 6.91. The molecule has 146 valence electrons. The van der Waals surface area contributed by atoms with Gasteiger partial charge in [0.1, 0.15) is 5.75 Å². The fourth-order valence-electron chi connectivity index (χ4n) is 2.05. The van der Waals surface area contributed by atoms with Crippen LogP contribution < -0.4 is 14.8 Å². The molecule has 27 heavy (non-hydrogen) atoms. The molecule has 0 aliphatic rings. The van der Waals surface area contributed by atoms with Crippen LogP contribution in [0.1, 0.15) is 6.42 Å². The van der Waals surface area contributed by atoms with E-state index in [9.17, 15) is 13.2 Å². The molecule has 0 unspecified atom stereocenters. The molecule has 0 radical (unpaired) electrons. The molecule has 0 saturated heterocycles. The Hall–Kier alpha value is -2.00. The number of aliphatic hydroxyl groups is 1. The average molecular weight is 433 g/mol. The maximum Gasteiger partial charge on any atom is 0.261 e. The van der Waals surface area contributed by atoms with E-state index in [2.05, 4.69) is 10.0 Å². The molecule has 0 aromatic heterocycles. The first-order valence-corrected chi connectivity index (χ1v) is 10.1. The molecule has 0 saturated carbocycles. The van der Waals surface area contributed by atoms with Gasteiger partial charge in [0.2, 0.25) is 0 Å². The van der Waals surface area contributed by atoms with Crippen LogP contribution in [0.15, 0.2) is 47.4 Å². The summed E-state index contributed by atoms with van der Waals surface area (Å²) < 4.78 is 32.5. The van der Waals surface area contributed by atoms with Gasteiger partial charge in [0.25, 0.3) is 15.9 Å². The Morgan fingerprint density at radius 2 is 1.70 bits per heavy atom. The number of ether oxygens (including phenoxy) is 1. The summed E-state index contributed by atoms with van der Waals surface area (Å²) in [6, 6.07) is 9.98. The first-order valence-electron chi connectivity index (χ1n) is 7.89.